The summed E-state index contributed by atoms with van der Waals surface area (Å²) in [4.78, 5) is 11.0. The Balaban J connectivity index is 1.92. The molecule has 4 rings (SSSR count). The molecule has 0 unspecified atom stereocenters. The molecule has 2 N–H and O–H groups in total. The second-order valence-corrected chi connectivity index (χ2v) is 5.94. The molecule has 0 fully saturated rings. The van der Waals surface area contributed by atoms with Gasteiger partial charge in [0.05, 0.1) is 11.2 Å². The van der Waals surface area contributed by atoms with Crippen LogP contribution in [-0.2, 0) is 11.3 Å². The fourth-order valence-electron chi connectivity index (χ4n) is 3.23. The van der Waals surface area contributed by atoms with Gasteiger partial charge in [0, 0.05) is 23.2 Å². The monoisotopic (exact) mass is 320 g/mol. The van der Waals surface area contributed by atoms with Crippen molar-refractivity contribution in [1.29, 1.82) is 0 Å². The second kappa shape index (κ2) is 5.16. The maximum Gasteiger partial charge on any atom is 0.323 e. The van der Waals surface area contributed by atoms with Crippen molar-refractivity contribution in [3.63, 3.8) is 0 Å². The summed E-state index contributed by atoms with van der Waals surface area (Å²) >= 11 is 0. The van der Waals surface area contributed by atoms with Crippen molar-refractivity contribution in [3.8, 4) is 11.6 Å². The summed E-state index contributed by atoms with van der Waals surface area (Å²) in [5.41, 5.74) is 2.63. The summed E-state index contributed by atoms with van der Waals surface area (Å²) in [7, 11) is 0. The molecule has 0 aliphatic rings. The topological polar surface area (TPSA) is 67.4 Å². The van der Waals surface area contributed by atoms with Gasteiger partial charge in [-0.1, -0.05) is 24.3 Å². The molecule has 5 nitrogen and oxygen atoms in total. The Bertz CT molecular complexity index is 1090. The summed E-state index contributed by atoms with van der Waals surface area (Å²) < 4.78 is 3.42. The van der Waals surface area contributed by atoms with E-state index in [0.29, 0.717) is 0 Å². The molecule has 24 heavy (non-hydrogen) atoms. The van der Waals surface area contributed by atoms with Gasteiger partial charge in [0.1, 0.15) is 6.54 Å². The lowest BCUT2D eigenvalue weighted by atomic mass is 10.1. The Kier molecular flexibility index (Phi) is 3.09. The highest BCUT2D eigenvalue weighted by Gasteiger charge is 2.13. The minimum atomic E-state index is -0.886. The molecule has 0 aliphatic heterocycles. The zero-order chi connectivity index (χ0) is 16.8. The van der Waals surface area contributed by atoms with Crippen molar-refractivity contribution in [1.82, 2.24) is 9.13 Å². The van der Waals surface area contributed by atoms with Crippen LogP contribution in [0, 0.1) is 6.92 Å². The van der Waals surface area contributed by atoms with E-state index >= 15 is 0 Å². The summed E-state index contributed by atoms with van der Waals surface area (Å²) in [6, 6.07) is 13.5. The number of hydrogen-bond acceptors (Lipinski definition) is 2. The highest BCUT2D eigenvalue weighted by Crippen LogP contribution is 2.33. The number of rotatable bonds is 3. The summed E-state index contributed by atoms with van der Waals surface area (Å²) in [6.45, 7) is 1.87. The first kappa shape index (κ1) is 14.4. The zero-order valence-corrected chi connectivity index (χ0v) is 13.1. The predicted molar refractivity (Wildman–Crippen MR) is 92.8 cm³/mol. The van der Waals surface area contributed by atoms with E-state index < -0.39 is 5.97 Å². The average molecular weight is 320 g/mol. The molecular formula is C19H16N2O3. The molecule has 2 heterocycles. The Morgan fingerprint density at radius 1 is 1.12 bits per heavy atom. The number of benzene rings is 2. The molecule has 0 spiro atoms. The fourth-order valence-corrected chi connectivity index (χ4v) is 3.23. The number of carboxylic acid groups (broad SMARTS) is 1. The maximum atomic E-state index is 11.0. The number of aliphatic carboxylic acids is 1. The molecule has 120 valence electrons. The van der Waals surface area contributed by atoms with Gasteiger partial charge in [-0.25, -0.2) is 0 Å². The zero-order valence-electron chi connectivity index (χ0n) is 13.1. The molecule has 2 aromatic heterocycles. The van der Waals surface area contributed by atoms with Crippen LogP contribution in [0.4, 0.5) is 0 Å². The van der Waals surface area contributed by atoms with Crippen LogP contribution < -0.4 is 0 Å². The second-order valence-electron chi connectivity index (χ2n) is 5.94. The number of aryl methyl sites for hydroxylation is 1. The highest BCUT2D eigenvalue weighted by molar-refractivity contribution is 5.92. The number of carbonyl (C=O) groups is 1. The first-order valence-corrected chi connectivity index (χ1v) is 7.65. The molecule has 0 saturated carbocycles. The Hall–Kier alpha value is -3.21. The SMILES string of the molecule is Cc1cccc2cn(-c3ccc4ccn(CC(=O)O)c4c3)c(O)c12. The molecule has 5 heteroatoms. The van der Waals surface area contributed by atoms with Crippen LogP contribution in [-0.4, -0.2) is 25.3 Å². The standard InChI is InChI=1S/C19H16N2O3/c1-12-3-2-4-14-10-21(19(24)18(12)14)15-6-5-13-7-8-20(11-17(22)23)16(13)9-15/h2-10,24H,11H2,1H3,(H,22,23). The quantitative estimate of drug-likeness (QED) is 0.605. The number of aromatic nitrogens is 2. The summed E-state index contributed by atoms with van der Waals surface area (Å²) in [5, 5.41) is 22.4. The third kappa shape index (κ3) is 2.13. The number of aromatic hydroxyl groups is 1. The molecule has 4 aromatic rings. The minimum Gasteiger partial charge on any atom is -0.494 e. The van der Waals surface area contributed by atoms with E-state index in [0.717, 1.165) is 32.9 Å². The number of carboxylic acids is 1. The Morgan fingerprint density at radius 3 is 2.71 bits per heavy atom. The Morgan fingerprint density at radius 2 is 1.96 bits per heavy atom. The van der Waals surface area contributed by atoms with Gasteiger partial charge >= 0.3 is 5.97 Å². The van der Waals surface area contributed by atoms with Crippen molar-refractivity contribution >= 4 is 27.6 Å². The molecule has 0 aliphatic carbocycles. The minimum absolute atomic E-state index is 0.0916. The third-order valence-electron chi connectivity index (χ3n) is 4.37. The average Bonchev–Trinajstić information content (AvgIpc) is 3.09. The largest absolute Gasteiger partial charge is 0.494 e. The molecule has 0 bridgehead atoms. The third-order valence-corrected chi connectivity index (χ3v) is 4.37. The van der Waals surface area contributed by atoms with E-state index in [1.165, 1.54) is 0 Å². The van der Waals surface area contributed by atoms with Crippen LogP contribution in [0.15, 0.2) is 54.9 Å². The fraction of sp³-hybridized carbons (Fsp3) is 0.105. The Labute approximate surface area is 138 Å². The van der Waals surface area contributed by atoms with Gasteiger partial charge in [0.25, 0.3) is 0 Å². The van der Waals surface area contributed by atoms with Gasteiger partial charge < -0.3 is 14.8 Å². The van der Waals surface area contributed by atoms with Crippen LogP contribution in [0.5, 0.6) is 5.88 Å². The molecule has 0 amide bonds. The highest BCUT2D eigenvalue weighted by atomic mass is 16.4. The number of nitrogens with zero attached hydrogens (tertiary/aromatic N) is 2. The van der Waals surface area contributed by atoms with Crippen molar-refractivity contribution < 1.29 is 15.0 Å². The predicted octanol–water partition coefficient (Wildman–Crippen LogP) is 3.68. The lowest BCUT2D eigenvalue weighted by Crippen LogP contribution is -2.07. The van der Waals surface area contributed by atoms with E-state index in [9.17, 15) is 9.90 Å². The lowest BCUT2D eigenvalue weighted by molar-refractivity contribution is -0.137. The van der Waals surface area contributed by atoms with Crippen LogP contribution in [0.25, 0.3) is 27.4 Å². The van der Waals surface area contributed by atoms with E-state index in [-0.39, 0.29) is 12.4 Å². The molecule has 0 saturated heterocycles. The smallest absolute Gasteiger partial charge is 0.323 e. The molecule has 0 radical (unpaired) electrons. The van der Waals surface area contributed by atoms with Crippen molar-refractivity contribution in [2.24, 2.45) is 0 Å². The van der Waals surface area contributed by atoms with Crippen molar-refractivity contribution in [2.75, 3.05) is 0 Å². The van der Waals surface area contributed by atoms with E-state index in [1.54, 1.807) is 15.3 Å². The number of hydrogen-bond donors (Lipinski definition) is 2. The van der Waals surface area contributed by atoms with Crippen LogP contribution in [0.3, 0.4) is 0 Å². The first-order valence-electron chi connectivity index (χ1n) is 7.65. The molecule has 2 aromatic carbocycles. The van der Waals surface area contributed by atoms with Gasteiger partial charge in [0.15, 0.2) is 0 Å². The van der Waals surface area contributed by atoms with Gasteiger partial charge in [-0.05, 0) is 36.1 Å². The van der Waals surface area contributed by atoms with Crippen LogP contribution in [0.1, 0.15) is 5.56 Å². The van der Waals surface area contributed by atoms with E-state index in [1.807, 2.05) is 55.6 Å². The van der Waals surface area contributed by atoms with Gasteiger partial charge in [0.2, 0.25) is 5.88 Å². The van der Waals surface area contributed by atoms with Crippen molar-refractivity contribution in [2.45, 2.75) is 13.5 Å². The normalized spacial score (nSPS) is 11.4. The summed E-state index contributed by atoms with van der Waals surface area (Å²) in [5.74, 6) is -0.693. The molecule has 0 atom stereocenters. The maximum absolute atomic E-state index is 11.0. The van der Waals surface area contributed by atoms with Crippen LogP contribution in [0.2, 0.25) is 0 Å². The van der Waals surface area contributed by atoms with Gasteiger partial charge in [-0.2, -0.15) is 0 Å². The van der Waals surface area contributed by atoms with Crippen molar-refractivity contribution in [3.05, 3.63) is 60.4 Å². The lowest BCUT2D eigenvalue weighted by Gasteiger charge is -2.07. The van der Waals surface area contributed by atoms with Crippen LogP contribution >= 0.6 is 0 Å². The van der Waals surface area contributed by atoms with Gasteiger partial charge in [-0.15, -0.1) is 0 Å². The van der Waals surface area contributed by atoms with Gasteiger partial charge in [-0.3, -0.25) is 9.36 Å². The number of fused-ring (bicyclic) bond motifs is 2. The summed E-state index contributed by atoms with van der Waals surface area (Å²) in [6.07, 6.45) is 3.65. The molecular weight excluding hydrogens is 304 g/mol. The van der Waals surface area contributed by atoms with E-state index in [4.69, 9.17) is 5.11 Å². The van der Waals surface area contributed by atoms with E-state index in [2.05, 4.69) is 0 Å². The first-order chi connectivity index (χ1) is 11.5.